The van der Waals surface area contributed by atoms with Crippen LogP contribution < -0.4 is 19.5 Å². The number of hydrogen-bond acceptors (Lipinski definition) is 4. The second-order valence-electron chi connectivity index (χ2n) is 7.49. The molecule has 0 radical (unpaired) electrons. The third kappa shape index (κ3) is 5.24. The molecule has 1 aliphatic carbocycles. The van der Waals surface area contributed by atoms with Crippen LogP contribution in [0.4, 0.5) is 13.2 Å². The fourth-order valence-corrected chi connectivity index (χ4v) is 3.92. The number of ether oxygens (including phenoxy) is 3. The quantitative estimate of drug-likeness (QED) is 0.690. The highest BCUT2D eigenvalue weighted by atomic mass is 19.4. The molecule has 0 heterocycles. The van der Waals surface area contributed by atoms with Crippen LogP contribution in [0.3, 0.4) is 0 Å². The minimum Gasteiger partial charge on any atom is -0.493 e. The smallest absolute Gasteiger partial charge is 0.412 e. The maximum Gasteiger partial charge on any atom is 0.412 e. The lowest BCUT2D eigenvalue weighted by Gasteiger charge is -2.24. The summed E-state index contributed by atoms with van der Waals surface area (Å²) >= 11 is 0. The van der Waals surface area contributed by atoms with Crippen molar-refractivity contribution >= 4 is 5.91 Å². The number of halogens is 3. The van der Waals surface area contributed by atoms with Crippen LogP contribution in [-0.2, 0) is 24.1 Å². The van der Waals surface area contributed by atoms with Crippen molar-refractivity contribution in [3.05, 3.63) is 52.6 Å². The van der Waals surface area contributed by atoms with E-state index in [0.717, 1.165) is 25.7 Å². The Hall–Kier alpha value is -2.90. The minimum absolute atomic E-state index is 0.0787. The van der Waals surface area contributed by atoms with Gasteiger partial charge >= 0.3 is 6.18 Å². The summed E-state index contributed by atoms with van der Waals surface area (Å²) in [4.78, 5) is 12.5. The topological polar surface area (TPSA) is 56.8 Å². The molecule has 0 saturated carbocycles. The van der Waals surface area contributed by atoms with Gasteiger partial charge in [0.2, 0.25) is 11.7 Å². The van der Waals surface area contributed by atoms with Crippen molar-refractivity contribution in [2.45, 2.75) is 44.3 Å². The first kappa shape index (κ1) is 22.8. The van der Waals surface area contributed by atoms with Gasteiger partial charge in [0, 0.05) is 0 Å². The van der Waals surface area contributed by atoms with Gasteiger partial charge in [-0.2, -0.15) is 13.2 Å². The number of nitrogens with one attached hydrogen (secondary N) is 1. The first-order chi connectivity index (χ1) is 14.8. The highest BCUT2D eigenvalue weighted by Crippen LogP contribution is 2.43. The summed E-state index contributed by atoms with van der Waals surface area (Å²) < 4.78 is 57.0. The molecular weight excluding hydrogens is 411 g/mol. The van der Waals surface area contributed by atoms with Crippen LogP contribution in [0, 0.1) is 0 Å². The molecule has 1 amide bonds. The Morgan fingerprint density at radius 1 is 0.968 bits per heavy atom. The molecule has 1 N–H and O–H groups in total. The normalized spacial score (nSPS) is 14.4. The fraction of sp³-hybridized carbons (Fsp3) is 0.435. The van der Waals surface area contributed by atoms with Gasteiger partial charge in [0.1, 0.15) is 0 Å². The molecule has 0 aromatic heterocycles. The van der Waals surface area contributed by atoms with Crippen LogP contribution in [0.15, 0.2) is 30.3 Å². The molecule has 0 bridgehead atoms. The van der Waals surface area contributed by atoms with E-state index in [1.54, 1.807) is 0 Å². The van der Waals surface area contributed by atoms with E-state index >= 15 is 0 Å². The number of alkyl halides is 3. The Bertz CT molecular complexity index is 918. The van der Waals surface area contributed by atoms with Crippen molar-refractivity contribution in [3.8, 4) is 17.2 Å². The molecule has 2 aromatic carbocycles. The van der Waals surface area contributed by atoms with E-state index in [1.165, 1.54) is 44.6 Å². The van der Waals surface area contributed by atoms with Gasteiger partial charge in [-0.05, 0) is 60.1 Å². The van der Waals surface area contributed by atoms with Gasteiger partial charge in [0.05, 0.1) is 27.8 Å². The van der Waals surface area contributed by atoms with E-state index in [-0.39, 0.29) is 29.2 Å². The molecule has 0 unspecified atom stereocenters. The fourth-order valence-electron chi connectivity index (χ4n) is 3.92. The molecule has 1 atom stereocenters. The van der Waals surface area contributed by atoms with Crippen LogP contribution in [0.25, 0.3) is 0 Å². The Morgan fingerprint density at radius 3 is 2.13 bits per heavy atom. The molecule has 5 nitrogen and oxygen atoms in total. The van der Waals surface area contributed by atoms with E-state index in [9.17, 15) is 18.0 Å². The van der Waals surface area contributed by atoms with E-state index in [0.29, 0.717) is 5.56 Å². The standard InChI is InChI=1S/C23H26F3NO4/c1-29-18-12-17(13-19(30-2)21(18)31-3)22(23(24,25)26)27-20(28)11-14-8-9-15-6-4-5-7-16(15)10-14/h8-10,12-13,22H,4-7,11H2,1-3H3,(H,27,28)/t22-/m0/s1. The summed E-state index contributed by atoms with van der Waals surface area (Å²) in [5, 5.41) is 2.13. The van der Waals surface area contributed by atoms with Gasteiger partial charge in [-0.3, -0.25) is 4.79 Å². The number of amides is 1. The summed E-state index contributed by atoms with van der Waals surface area (Å²) in [5.74, 6) is -0.382. The van der Waals surface area contributed by atoms with Crippen molar-refractivity contribution in [2.75, 3.05) is 21.3 Å². The van der Waals surface area contributed by atoms with Gasteiger partial charge in [-0.1, -0.05) is 18.2 Å². The Morgan fingerprint density at radius 2 is 1.58 bits per heavy atom. The van der Waals surface area contributed by atoms with Crippen molar-refractivity contribution in [3.63, 3.8) is 0 Å². The van der Waals surface area contributed by atoms with E-state index in [2.05, 4.69) is 5.32 Å². The van der Waals surface area contributed by atoms with E-state index in [4.69, 9.17) is 14.2 Å². The molecular formula is C23H26F3NO4. The van der Waals surface area contributed by atoms with Crippen LogP contribution in [-0.4, -0.2) is 33.4 Å². The van der Waals surface area contributed by atoms with Gasteiger partial charge < -0.3 is 19.5 Å². The molecule has 0 saturated heterocycles. The number of carbonyl (C=O) groups excluding carboxylic acids is 1. The monoisotopic (exact) mass is 437 g/mol. The highest BCUT2D eigenvalue weighted by molar-refractivity contribution is 5.79. The lowest BCUT2D eigenvalue weighted by atomic mass is 9.90. The van der Waals surface area contributed by atoms with E-state index in [1.807, 2.05) is 18.2 Å². The summed E-state index contributed by atoms with van der Waals surface area (Å²) in [6.45, 7) is 0. The summed E-state index contributed by atoms with van der Waals surface area (Å²) in [7, 11) is 4.00. The average Bonchev–Trinajstić information content (AvgIpc) is 2.75. The lowest BCUT2D eigenvalue weighted by molar-refractivity contribution is -0.163. The number of benzene rings is 2. The van der Waals surface area contributed by atoms with Gasteiger partial charge in [0.25, 0.3) is 0 Å². The maximum atomic E-state index is 13.9. The molecule has 8 heteroatoms. The molecule has 1 aliphatic rings. The maximum absolute atomic E-state index is 13.9. The first-order valence-electron chi connectivity index (χ1n) is 10.0. The Kier molecular flexibility index (Phi) is 6.97. The summed E-state index contributed by atoms with van der Waals surface area (Å²) in [6, 6.07) is 5.88. The van der Waals surface area contributed by atoms with Crippen LogP contribution >= 0.6 is 0 Å². The SMILES string of the molecule is COc1cc([C@H](NC(=O)Cc2ccc3c(c2)CCCC3)C(F)(F)F)cc(OC)c1OC. The highest BCUT2D eigenvalue weighted by Gasteiger charge is 2.42. The zero-order valence-corrected chi connectivity index (χ0v) is 17.8. The summed E-state index contributed by atoms with van der Waals surface area (Å²) in [6.07, 6.45) is -0.699. The van der Waals surface area contributed by atoms with Crippen molar-refractivity contribution in [1.29, 1.82) is 0 Å². The predicted octanol–water partition coefficient (Wildman–Crippen LogP) is 4.55. The van der Waals surface area contributed by atoms with Crippen LogP contribution in [0.1, 0.15) is 41.1 Å². The van der Waals surface area contributed by atoms with Crippen LogP contribution in [0.2, 0.25) is 0 Å². The number of rotatable bonds is 7. The number of methoxy groups -OCH3 is 3. The largest absolute Gasteiger partial charge is 0.493 e. The number of fused-ring (bicyclic) bond motifs is 1. The second kappa shape index (κ2) is 9.49. The van der Waals surface area contributed by atoms with E-state index < -0.39 is 18.1 Å². The third-order valence-electron chi connectivity index (χ3n) is 5.43. The molecule has 2 aromatic rings. The van der Waals surface area contributed by atoms with Crippen molar-refractivity contribution in [2.24, 2.45) is 0 Å². The van der Waals surface area contributed by atoms with Crippen molar-refractivity contribution < 1.29 is 32.2 Å². The van der Waals surface area contributed by atoms with Gasteiger partial charge in [-0.15, -0.1) is 0 Å². The zero-order valence-electron chi connectivity index (χ0n) is 17.8. The average molecular weight is 437 g/mol. The minimum atomic E-state index is -4.71. The number of carbonyl (C=O) groups is 1. The molecule has 0 aliphatic heterocycles. The lowest BCUT2D eigenvalue weighted by Crippen LogP contribution is -2.39. The predicted molar refractivity (Wildman–Crippen MR) is 110 cm³/mol. The molecule has 3 rings (SSSR count). The second-order valence-corrected chi connectivity index (χ2v) is 7.49. The third-order valence-corrected chi connectivity index (χ3v) is 5.43. The Balaban J connectivity index is 1.84. The first-order valence-corrected chi connectivity index (χ1v) is 10.0. The zero-order chi connectivity index (χ0) is 22.6. The number of hydrogen-bond donors (Lipinski definition) is 1. The molecule has 168 valence electrons. The van der Waals surface area contributed by atoms with Crippen molar-refractivity contribution in [1.82, 2.24) is 5.32 Å². The van der Waals surface area contributed by atoms with Gasteiger partial charge in [0.15, 0.2) is 17.5 Å². The number of aryl methyl sites for hydroxylation is 2. The Labute approximate surface area is 179 Å². The van der Waals surface area contributed by atoms with Crippen LogP contribution in [0.5, 0.6) is 17.2 Å². The summed E-state index contributed by atoms with van der Waals surface area (Å²) in [5.41, 5.74) is 2.92. The molecule has 0 spiro atoms. The molecule has 0 fully saturated rings. The van der Waals surface area contributed by atoms with Gasteiger partial charge in [-0.25, -0.2) is 0 Å². The molecule has 31 heavy (non-hydrogen) atoms.